The molecule has 0 fully saturated rings. The van der Waals surface area contributed by atoms with Crippen LogP contribution < -0.4 is 5.32 Å². The molecular formula is C20H21ClN4O3S. The van der Waals surface area contributed by atoms with Crippen molar-refractivity contribution in [3.8, 4) is 11.5 Å². The standard InChI is InChI=1S/C20H21ClN4O3S/c1-28-20(27)17(9-12-29-2)23-18(26)16-13-22-25(15-7-5-14(21)6-8-15)19(16)24-10-3-4-11-24/h3-8,10-11,13,17H,9,12H2,1-2H3,(H,23,26). The van der Waals surface area contributed by atoms with Crippen molar-refractivity contribution in [2.75, 3.05) is 19.1 Å². The van der Waals surface area contributed by atoms with E-state index in [1.54, 1.807) is 33.1 Å². The molecule has 9 heteroatoms. The molecular weight excluding hydrogens is 412 g/mol. The summed E-state index contributed by atoms with van der Waals surface area (Å²) in [7, 11) is 1.31. The lowest BCUT2D eigenvalue weighted by molar-refractivity contribution is -0.142. The molecule has 0 aliphatic carbocycles. The zero-order chi connectivity index (χ0) is 20.8. The molecule has 1 amide bonds. The maximum Gasteiger partial charge on any atom is 0.328 e. The van der Waals surface area contributed by atoms with E-state index in [2.05, 4.69) is 10.4 Å². The number of carbonyl (C=O) groups excluding carboxylic acids is 2. The Kier molecular flexibility index (Phi) is 7.00. The number of amides is 1. The minimum atomic E-state index is -0.726. The topological polar surface area (TPSA) is 78.2 Å². The van der Waals surface area contributed by atoms with Crippen molar-refractivity contribution >= 4 is 35.2 Å². The summed E-state index contributed by atoms with van der Waals surface area (Å²) >= 11 is 7.59. The number of hydrogen-bond acceptors (Lipinski definition) is 5. The summed E-state index contributed by atoms with van der Waals surface area (Å²) < 4.78 is 8.28. The van der Waals surface area contributed by atoms with Crippen LogP contribution in [0.15, 0.2) is 55.0 Å². The van der Waals surface area contributed by atoms with E-state index in [9.17, 15) is 9.59 Å². The van der Waals surface area contributed by atoms with Gasteiger partial charge in [0.1, 0.15) is 11.6 Å². The van der Waals surface area contributed by atoms with Crippen molar-refractivity contribution in [2.24, 2.45) is 0 Å². The highest BCUT2D eigenvalue weighted by molar-refractivity contribution is 7.98. The van der Waals surface area contributed by atoms with E-state index in [0.29, 0.717) is 28.6 Å². The zero-order valence-corrected chi connectivity index (χ0v) is 17.6. The number of thioether (sulfide) groups is 1. The van der Waals surface area contributed by atoms with Crippen molar-refractivity contribution in [3.63, 3.8) is 0 Å². The van der Waals surface area contributed by atoms with Gasteiger partial charge in [-0.15, -0.1) is 0 Å². The van der Waals surface area contributed by atoms with Crippen molar-refractivity contribution in [1.29, 1.82) is 0 Å². The molecule has 7 nitrogen and oxygen atoms in total. The molecule has 1 aromatic carbocycles. The first kappa shape index (κ1) is 21.0. The Morgan fingerprint density at radius 1 is 1.24 bits per heavy atom. The first-order valence-corrected chi connectivity index (χ1v) is 10.7. The van der Waals surface area contributed by atoms with Crippen LogP contribution in [0, 0.1) is 0 Å². The van der Waals surface area contributed by atoms with Gasteiger partial charge in [-0.05, 0) is 54.8 Å². The Labute approximate surface area is 178 Å². The van der Waals surface area contributed by atoms with E-state index in [0.717, 1.165) is 5.69 Å². The number of halogens is 1. The fourth-order valence-corrected chi connectivity index (χ4v) is 3.46. The maximum absolute atomic E-state index is 13.0. The number of nitrogens with one attached hydrogen (secondary N) is 1. The second-order valence-corrected chi connectivity index (χ2v) is 7.61. The second kappa shape index (κ2) is 9.67. The summed E-state index contributed by atoms with van der Waals surface area (Å²) in [6.45, 7) is 0. The fraction of sp³-hybridized carbons (Fsp3) is 0.250. The first-order valence-electron chi connectivity index (χ1n) is 8.90. The highest BCUT2D eigenvalue weighted by Crippen LogP contribution is 2.21. The van der Waals surface area contributed by atoms with Crippen molar-refractivity contribution in [2.45, 2.75) is 12.5 Å². The van der Waals surface area contributed by atoms with Crippen LogP contribution in [0.5, 0.6) is 0 Å². The predicted molar refractivity (Wildman–Crippen MR) is 114 cm³/mol. The lowest BCUT2D eigenvalue weighted by Gasteiger charge is -2.16. The SMILES string of the molecule is COC(=O)C(CCSC)NC(=O)c1cnn(-c2ccc(Cl)cc2)c1-n1cccc1. The largest absolute Gasteiger partial charge is 0.467 e. The zero-order valence-electron chi connectivity index (χ0n) is 16.0. The Morgan fingerprint density at radius 2 is 1.93 bits per heavy atom. The third-order valence-electron chi connectivity index (χ3n) is 4.31. The van der Waals surface area contributed by atoms with Crippen LogP contribution in [-0.2, 0) is 9.53 Å². The summed E-state index contributed by atoms with van der Waals surface area (Å²) in [4.78, 5) is 25.1. The minimum absolute atomic E-state index is 0.342. The molecule has 1 atom stereocenters. The van der Waals surface area contributed by atoms with Gasteiger partial charge in [0.25, 0.3) is 5.91 Å². The van der Waals surface area contributed by atoms with Gasteiger partial charge in [-0.1, -0.05) is 11.6 Å². The number of carbonyl (C=O) groups is 2. The van der Waals surface area contributed by atoms with Gasteiger partial charge in [0.15, 0.2) is 5.82 Å². The van der Waals surface area contributed by atoms with E-state index in [1.165, 1.54) is 13.3 Å². The average Bonchev–Trinajstić information content (AvgIpc) is 3.40. The summed E-state index contributed by atoms with van der Waals surface area (Å²) in [5.41, 5.74) is 1.10. The molecule has 2 heterocycles. The maximum atomic E-state index is 13.0. The third-order valence-corrected chi connectivity index (χ3v) is 5.21. The lowest BCUT2D eigenvalue weighted by Crippen LogP contribution is -2.42. The molecule has 0 aliphatic rings. The molecule has 1 N–H and O–H groups in total. The molecule has 0 saturated carbocycles. The van der Waals surface area contributed by atoms with Crippen LogP contribution in [0.2, 0.25) is 5.02 Å². The molecule has 0 aliphatic heterocycles. The van der Waals surface area contributed by atoms with Gasteiger partial charge < -0.3 is 14.6 Å². The number of benzene rings is 1. The van der Waals surface area contributed by atoms with Crippen molar-refractivity contribution in [1.82, 2.24) is 19.7 Å². The van der Waals surface area contributed by atoms with Crippen LogP contribution in [-0.4, -0.2) is 51.4 Å². The summed E-state index contributed by atoms with van der Waals surface area (Å²) in [6.07, 6.45) is 7.56. The monoisotopic (exact) mass is 432 g/mol. The van der Waals surface area contributed by atoms with Crippen LogP contribution in [0.1, 0.15) is 16.8 Å². The third kappa shape index (κ3) is 4.83. The number of nitrogens with zero attached hydrogens (tertiary/aromatic N) is 3. The smallest absolute Gasteiger partial charge is 0.328 e. The normalized spacial score (nSPS) is 11.8. The number of methoxy groups -OCH3 is 1. The molecule has 3 aromatic rings. The number of ether oxygens (including phenoxy) is 1. The van der Waals surface area contributed by atoms with Gasteiger partial charge in [-0.3, -0.25) is 4.79 Å². The van der Waals surface area contributed by atoms with E-state index < -0.39 is 17.9 Å². The second-order valence-electron chi connectivity index (χ2n) is 6.19. The van der Waals surface area contributed by atoms with E-state index in [1.807, 2.05) is 42.9 Å². The highest BCUT2D eigenvalue weighted by atomic mass is 35.5. The predicted octanol–water partition coefficient (Wildman–Crippen LogP) is 3.34. The molecule has 3 rings (SSSR count). The number of aromatic nitrogens is 3. The van der Waals surface area contributed by atoms with Gasteiger partial charge in [-0.2, -0.15) is 16.9 Å². The minimum Gasteiger partial charge on any atom is -0.467 e. The fourth-order valence-electron chi connectivity index (χ4n) is 2.86. The number of hydrogen-bond donors (Lipinski definition) is 1. The summed E-state index contributed by atoms with van der Waals surface area (Å²) in [5.74, 6) is 0.405. The Balaban J connectivity index is 1.97. The molecule has 0 bridgehead atoms. The summed E-state index contributed by atoms with van der Waals surface area (Å²) in [5, 5.41) is 7.79. The van der Waals surface area contributed by atoms with Crippen LogP contribution in [0.25, 0.3) is 11.5 Å². The van der Waals surface area contributed by atoms with Crippen LogP contribution >= 0.6 is 23.4 Å². The quantitative estimate of drug-likeness (QED) is 0.552. The molecule has 152 valence electrons. The van der Waals surface area contributed by atoms with E-state index >= 15 is 0 Å². The highest BCUT2D eigenvalue weighted by Gasteiger charge is 2.26. The van der Waals surface area contributed by atoms with Gasteiger partial charge in [0.05, 0.1) is 19.0 Å². The molecule has 1 unspecified atom stereocenters. The van der Waals surface area contributed by atoms with Gasteiger partial charge in [-0.25, -0.2) is 9.48 Å². The van der Waals surface area contributed by atoms with E-state index in [4.69, 9.17) is 16.3 Å². The van der Waals surface area contributed by atoms with Crippen LogP contribution in [0.3, 0.4) is 0 Å². The van der Waals surface area contributed by atoms with Gasteiger partial charge >= 0.3 is 5.97 Å². The summed E-state index contributed by atoms with van der Waals surface area (Å²) in [6, 6.07) is 10.1. The average molecular weight is 433 g/mol. The molecule has 0 spiro atoms. The molecule has 2 aromatic heterocycles. The first-order chi connectivity index (χ1) is 14.0. The van der Waals surface area contributed by atoms with Crippen molar-refractivity contribution < 1.29 is 14.3 Å². The lowest BCUT2D eigenvalue weighted by atomic mass is 10.2. The Bertz CT molecular complexity index is 970. The van der Waals surface area contributed by atoms with E-state index in [-0.39, 0.29) is 0 Å². The van der Waals surface area contributed by atoms with Crippen LogP contribution in [0.4, 0.5) is 0 Å². The van der Waals surface area contributed by atoms with Gasteiger partial charge in [0, 0.05) is 17.4 Å². The molecule has 0 radical (unpaired) electrons. The van der Waals surface area contributed by atoms with Gasteiger partial charge in [0.2, 0.25) is 0 Å². The Hall–Kier alpha value is -2.71. The van der Waals surface area contributed by atoms with Crippen molar-refractivity contribution in [3.05, 3.63) is 65.6 Å². The Morgan fingerprint density at radius 3 is 2.55 bits per heavy atom. The number of rotatable bonds is 8. The molecule has 0 saturated heterocycles. The molecule has 29 heavy (non-hydrogen) atoms. The number of esters is 1.